The van der Waals surface area contributed by atoms with Gasteiger partial charge in [0.1, 0.15) is 0 Å². The van der Waals surface area contributed by atoms with Gasteiger partial charge < -0.3 is 10.2 Å². The predicted molar refractivity (Wildman–Crippen MR) is 58.1 cm³/mol. The van der Waals surface area contributed by atoms with Crippen molar-refractivity contribution in [3.05, 3.63) is 34.1 Å². The van der Waals surface area contributed by atoms with E-state index in [9.17, 15) is 14.5 Å². The molecule has 1 aromatic carbocycles. The summed E-state index contributed by atoms with van der Waals surface area (Å²) in [5.74, 6) is -1.38. The smallest absolute Gasteiger partial charge is 0.272 e. The zero-order chi connectivity index (χ0) is 18.7. The van der Waals surface area contributed by atoms with Crippen LogP contribution in [0.4, 0.5) is 15.8 Å². The van der Waals surface area contributed by atoms with Gasteiger partial charge in [-0.1, -0.05) is 0 Å². The summed E-state index contributed by atoms with van der Waals surface area (Å²) in [6, 6.07) is 1.92. The Bertz CT molecular complexity index is 673. The first kappa shape index (κ1) is 4.67. The van der Waals surface area contributed by atoms with Crippen LogP contribution in [0.15, 0.2) is 18.2 Å². The Hall–Kier alpha value is -1.69. The minimum atomic E-state index is -3.21. The molecule has 0 aliphatic carbocycles. The lowest BCUT2D eigenvalue weighted by molar-refractivity contribution is -0.385. The summed E-state index contributed by atoms with van der Waals surface area (Å²) in [5.41, 5.74) is -1.51. The van der Waals surface area contributed by atoms with Crippen LogP contribution in [0.5, 0.6) is 0 Å². The molecule has 0 spiro atoms. The number of hydrogen-bond donors (Lipinski definition) is 1. The first-order chi connectivity index (χ1) is 10.6. The molecule has 86 valence electrons. The second-order valence-corrected chi connectivity index (χ2v) is 2.83. The highest BCUT2D eigenvalue weighted by Gasteiger charge is 2.17. The van der Waals surface area contributed by atoms with E-state index in [1.807, 2.05) is 0 Å². The monoisotopic (exact) mass is 233 g/mol. The van der Waals surface area contributed by atoms with Crippen molar-refractivity contribution in [2.24, 2.45) is 0 Å². The van der Waals surface area contributed by atoms with E-state index in [1.165, 1.54) is 0 Å². The maximum atomic E-state index is 14.2. The molecule has 1 N–H and O–H groups in total. The number of hydrogen-bond acceptors (Lipinski definition) is 4. The topological polar surface area (TPSA) is 58.4 Å². The fourth-order valence-electron chi connectivity index (χ4n) is 1.14. The maximum absolute atomic E-state index is 14.2. The van der Waals surface area contributed by atoms with Crippen molar-refractivity contribution in [1.82, 2.24) is 5.32 Å². The number of nitro benzene ring substituents is 1. The zero-order valence-electron chi connectivity index (χ0n) is 15.8. The molecule has 0 radical (unpaired) electrons. The van der Waals surface area contributed by atoms with Crippen LogP contribution in [0.2, 0.25) is 0 Å². The number of nitrogens with zero attached hydrogens (tertiary/aromatic N) is 2. The summed E-state index contributed by atoms with van der Waals surface area (Å²) in [7, 11) is 0. The SMILES string of the molecule is [2H]C1([2H])NC([2H])([2H])C([2H])([2H])N(c2ccc([N+](=O)[O-])cc2F)C1([2H])[2H]. The highest BCUT2D eigenvalue weighted by molar-refractivity contribution is 5.52. The third-order valence-electron chi connectivity index (χ3n) is 1.84. The molecule has 16 heavy (non-hydrogen) atoms. The van der Waals surface area contributed by atoms with Crippen molar-refractivity contribution in [2.45, 2.75) is 0 Å². The summed E-state index contributed by atoms with van der Waals surface area (Å²) < 4.78 is 76.1. The van der Waals surface area contributed by atoms with Gasteiger partial charge in [0.25, 0.3) is 5.69 Å². The van der Waals surface area contributed by atoms with Crippen molar-refractivity contribution < 1.29 is 20.3 Å². The number of rotatable bonds is 2. The Kier molecular flexibility index (Phi) is 1.30. The molecule has 0 aromatic heterocycles. The average Bonchev–Trinajstić information content (AvgIpc) is 2.37. The largest absolute Gasteiger partial charge is 0.367 e. The molecule has 0 saturated carbocycles. The molecule has 6 heteroatoms. The Balaban J connectivity index is 2.70. The Morgan fingerprint density at radius 3 is 2.75 bits per heavy atom. The van der Waals surface area contributed by atoms with Crippen LogP contribution < -0.4 is 10.2 Å². The average molecular weight is 233 g/mol. The first-order valence-corrected chi connectivity index (χ1v) is 4.19. The molecule has 2 rings (SSSR count). The molecule has 0 amide bonds. The highest BCUT2D eigenvalue weighted by Crippen LogP contribution is 2.24. The molecular weight excluding hydrogens is 213 g/mol. The maximum Gasteiger partial charge on any atom is 0.272 e. The van der Waals surface area contributed by atoms with Crippen molar-refractivity contribution in [1.29, 1.82) is 0 Å². The van der Waals surface area contributed by atoms with Crippen molar-refractivity contribution in [3.8, 4) is 0 Å². The van der Waals surface area contributed by atoms with Crippen molar-refractivity contribution >= 4 is 11.4 Å². The zero-order valence-corrected chi connectivity index (χ0v) is 7.82. The number of nitrogens with one attached hydrogen (secondary N) is 1. The van der Waals surface area contributed by atoms with Crippen LogP contribution in [0, 0.1) is 15.9 Å². The van der Waals surface area contributed by atoms with Gasteiger partial charge in [0.05, 0.1) is 22.2 Å². The van der Waals surface area contributed by atoms with Gasteiger partial charge in [-0.2, -0.15) is 0 Å². The van der Waals surface area contributed by atoms with Crippen LogP contribution >= 0.6 is 0 Å². The van der Waals surface area contributed by atoms with Crippen LogP contribution in [0.3, 0.4) is 0 Å². The van der Waals surface area contributed by atoms with E-state index in [2.05, 4.69) is 0 Å². The van der Waals surface area contributed by atoms with Gasteiger partial charge in [-0.3, -0.25) is 10.1 Å². The fourth-order valence-corrected chi connectivity index (χ4v) is 1.14. The van der Waals surface area contributed by atoms with Crippen LogP contribution in [0.25, 0.3) is 0 Å². The number of benzene rings is 1. The second-order valence-electron chi connectivity index (χ2n) is 2.83. The quantitative estimate of drug-likeness (QED) is 0.615. The summed E-state index contributed by atoms with van der Waals surface area (Å²) in [6.45, 7) is -12.6. The molecule has 1 saturated heterocycles. The summed E-state index contributed by atoms with van der Waals surface area (Å²) >= 11 is 0. The number of anilines is 1. The van der Waals surface area contributed by atoms with Crippen molar-refractivity contribution in [3.63, 3.8) is 0 Å². The van der Waals surface area contributed by atoms with Gasteiger partial charge in [-0.05, 0) is 6.07 Å². The third-order valence-corrected chi connectivity index (χ3v) is 1.84. The van der Waals surface area contributed by atoms with Gasteiger partial charge in [0.15, 0.2) is 5.82 Å². The van der Waals surface area contributed by atoms with Gasteiger partial charge in [-0.25, -0.2) is 4.39 Å². The van der Waals surface area contributed by atoms with Crippen molar-refractivity contribution in [2.75, 3.05) is 30.9 Å². The molecule has 0 atom stereocenters. The Labute approximate surface area is 103 Å². The van der Waals surface area contributed by atoms with Crippen LogP contribution in [0.1, 0.15) is 11.0 Å². The molecular formula is C10H12FN3O2. The lowest BCUT2D eigenvalue weighted by Gasteiger charge is -2.29. The molecule has 0 unspecified atom stereocenters. The van der Waals surface area contributed by atoms with E-state index in [1.54, 1.807) is 5.32 Å². The predicted octanol–water partition coefficient (Wildman–Crippen LogP) is 1.14. The van der Waals surface area contributed by atoms with Crippen LogP contribution in [-0.4, -0.2) is 30.9 Å². The van der Waals surface area contributed by atoms with Gasteiger partial charge in [0.2, 0.25) is 0 Å². The lowest BCUT2D eigenvalue weighted by atomic mass is 10.2. The molecule has 5 nitrogen and oxygen atoms in total. The first-order valence-electron chi connectivity index (χ1n) is 8.19. The van der Waals surface area contributed by atoms with Gasteiger partial charge in [0, 0.05) is 37.5 Å². The van der Waals surface area contributed by atoms with E-state index >= 15 is 0 Å². The second kappa shape index (κ2) is 4.44. The van der Waals surface area contributed by atoms with E-state index < -0.39 is 48.1 Å². The molecule has 0 bridgehead atoms. The number of nitro groups is 1. The number of halogens is 1. The lowest BCUT2D eigenvalue weighted by Crippen LogP contribution is -2.43. The summed E-state index contributed by atoms with van der Waals surface area (Å²) in [5, 5.41) is 12.3. The highest BCUT2D eigenvalue weighted by atomic mass is 19.1. The third kappa shape index (κ3) is 2.11. The minimum absolute atomic E-state index is 0.0183. The molecule has 1 aliphatic rings. The van der Waals surface area contributed by atoms with E-state index in [4.69, 9.17) is 11.0 Å². The van der Waals surface area contributed by atoms with E-state index in [-0.39, 0.29) is 4.90 Å². The normalized spacial score (nSPS) is 36.2. The standard InChI is InChI=1S/C10H12FN3O2/c11-9-7-8(14(15)16)1-2-10(9)13-5-3-12-4-6-13/h1-2,7,12H,3-6H2/i3D2,4D2,5D2,6D2. The van der Waals surface area contributed by atoms with Crippen LogP contribution in [-0.2, 0) is 0 Å². The number of non-ortho nitro benzene ring substituents is 1. The summed E-state index contributed by atoms with van der Waals surface area (Å²) in [4.78, 5) is 9.72. The Morgan fingerprint density at radius 1 is 1.50 bits per heavy atom. The fraction of sp³-hybridized carbons (Fsp3) is 0.400. The Morgan fingerprint density at radius 2 is 2.19 bits per heavy atom. The molecule has 1 fully saturated rings. The molecule has 1 aromatic rings. The minimum Gasteiger partial charge on any atom is -0.367 e. The van der Waals surface area contributed by atoms with E-state index in [0.717, 1.165) is 6.07 Å². The van der Waals surface area contributed by atoms with Gasteiger partial charge >= 0.3 is 0 Å². The number of piperazine rings is 1. The molecule has 1 aliphatic heterocycles. The molecule has 1 heterocycles. The summed E-state index contributed by atoms with van der Waals surface area (Å²) in [6.07, 6.45) is 0. The van der Waals surface area contributed by atoms with Gasteiger partial charge in [-0.15, -0.1) is 0 Å². The van der Waals surface area contributed by atoms with E-state index in [0.29, 0.717) is 12.1 Å².